The van der Waals surface area contributed by atoms with Crippen molar-refractivity contribution in [2.45, 2.75) is 58.5 Å². The molecule has 2 rings (SSSR count). The van der Waals surface area contributed by atoms with E-state index in [2.05, 4.69) is 56.8 Å². The summed E-state index contributed by atoms with van der Waals surface area (Å²) in [5, 5.41) is 11.8. The van der Waals surface area contributed by atoms with Crippen molar-refractivity contribution < 1.29 is 5.21 Å². The smallest absolute Gasteiger partial charge is 0.0733 e. The van der Waals surface area contributed by atoms with Gasteiger partial charge < -0.3 is 10.1 Å². The lowest BCUT2D eigenvalue weighted by Crippen LogP contribution is -2.51. The van der Waals surface area contributed by atoms with E-state index >= 15 is 0 Å². The summed E-state index contributed by atoms with van der Waals surface area (Å²) in [5.74, 6) is 0.520. The molecule has 3 heteroatoms. The predicted octanol–water partition coefficient (Wildman–Crippen LogP) is 4.00. The van der Waals surface area contributed by atoms with Crippen molar-refractivity contribution in [1.29, 1.82) is 0 Å². The van der Waals surface area contributed by atoms with E-state index in [1.807, 2.05) is 6.07 Å². The SMILES string of the molecule is CC(C)N1c2ccc(/C=N\O)cc2[C@@H](C)CC1(C)C. The number of benzene rings is 1. The highest BCUT2D eigenvalue weighted by Crippen LogP contribution is 2.44. The second-order valence-electron chi connectivity index (χ2n) is 6.44. The van der Waals surface area contributed by atoms with Crippen LogP contribution in [0.3, 0.4) is 0 Å². The molecule has 0 bridgehead atoms. The van der Waals surface area contributed by atoms with Crippen LogP contribution < -0.4 is 4.90 Å². The van der Waals surface area contributed by atoms with Gasteiger partial charge in [0.2, 0.25) is 0 Å². The third-order valence-electron chi connectivity index (χ3n) is 4.02. The number of fused-ring (bicyclic) bond motifs is 1. The third-order valence-corrected chi connectivity index (χ3v) is 4.02. The lowest BCUT2D eigenvalue weighted by molar-refractivity contribution is 0.322. The molecular weight excluding hydrogens is 236 g/mol. The second kappa shape index (κ2) is 4.87. The predicted molar refractivity (Wildman–Crippen MR) is 80.5 cm³/mol. The Bertz CT molecular complexity index is 492. The summed E-state index contributed by atoms with van der Waals surface area (Å²) >= 11 is 0. The Morgan fingerprint density at radius 3 is 2.68 bits per heavy atom. The van der Waals surface area contributed by atoms with Gasteiger partial charge in [-0.15, -0.1) is 0 Å². The largest absolute Gasteiger partial charge is 0.411 e. The van der Waals surface area contributed by atoms with Gasteiger partial charge in [0.15, 0.2) is 0 Å². The van der Waals surface area contributed by atoms with Gasteiger partial charge in [0, 0.05) is 17.3 Å². The fraction of sp³-hybridized carbons (Fsp3) is 0.562. The molecule has 1 atom stereocenters. The van der Waals surface area contributed by atoms with E-state index in [1.165, 1.54) is 17.5 Å². The molecule has 1 N–H and O–H groups in total. The number of hydrogen-bond donors (Lipinski definition) is 1. The molecule has 0 fully saturated rings. The first kappa shape index (κ1) is 13.9. The number of nitrogens with zero attached hydrogens (tertiary/aromatic N) is 2. The van der Waals surface area contributed by atoms with E-state index in [0.717, 1.165) is 12.0 Å². The van der Waals surface area contributed by atoms with Gasteiger partial charge in [0.1, 0.15) is 0 Å². The lowest BCUT2D eigenvalue weighted by Gasteiger charge is -2.50. The van der Waals surface area contributed by atoms with Gasteiger partial charge in [-0.1, -0.05) is 18.1 Å². The van der Waals surface area contributed by atoms with Gasteiger partial charge in [0.05, 0.1) is 6.21 Å². The molecule has 1 aliphatic rings. The first-order valence-electron chi connectivity index (χ1n) is 6.97. The van der Waals surface area contributed by atoms with Gasteiger partial charge >= 0.3 is 0 Å². The fourth-order valence-corrected chi connectivity index (χ4v) is 3.59. The van der Waals surface area contributed by atoms with E-state index in [-0.39, 0.29) is 5.54 Å². The molecule has 0 aromatic heterocycles. The first-order chi connectivity index (χ1) is 8.86. The van der Waals surface area contributed by atoms with Crippen LogP contribution in [0.15, 0.2) is 23.4 Å². The summed E-state index contributed by atoms with van der Waals surface area (Å²) in [7, 11) is 0. The molecule has 3 nitrogen and oxygen atoms in total. The fourth-order valence-electron chi connectivity index (χ4n) is 3.59. The van der Waals surface area contributed by atoms with Crippen LogP contribution in [0.1, 0.15) is 58.1 Å². The Hall–Kier alpha value is -1.51. The second-order valence-corrected chi connectivity index (χ2v) is 6.44. The minimum Gasteiger partial charge on any atom is -0.411 e. The molecule has 104 valence electrons. The third kappa shape index (κ3) is 2.46. The molecule has 1 heterocycles. The van der Waals surface area contributed by atoms with E-state index in [4.69, 9.17) is 5.21 Å². The Morgan fingerprint density at radius 2 is 2.11 bits per heavy atom. The molecule has 0 amide bonds. The summed E-state index contributed by atoms with van der Waals surface area (Å²) in [6, 6.07) is 6.79. The van der Waals surface area contributed by atoms with E-state index in [9.17, 15) is 0 Å². The average Bonchev–Trinajstić information content (AvgIpc) is 2.28. The van der Waals surface area contributed by atoms with Crippen molar-refractivity contribution in [1.82, 2.24) is 0 Å². The Labute approximate surface area is 115 Å². The Balaban J connectivity index is 2.55. The van der Waals surface area contributed by atoms with E-state index in [1.54, 1.807) is 0 Å². The van der Waals surface area contributed by atoms with Crippen LogP contribution in [0.25, 0.3) is 0 Å². The summed E-state index contributed by atoms with van der Waals surface area (Å²) in [6.45, 7) is 11.4. The maximum Gasteiger partial charge on any atom is 0.0733 e. The summed E-state index contributed by atoms with van der Waals surface area (Å²) in [6.07, 6.45) is 2.63. The zero-order chi connectivity index (χ0) is 14.2. The van der Waals surface area contributed by atoms with Crippen LogP contribution in [-0.2, 0) is 0 Å². The number of hydrogen-bond acceptors (Lipinski definition) is 3. The van der Waals surface area contributed by atoms with Gasteiger partial charge in [-0.3, -0.25) is 0 Å². The van der Waals surface area contributed by atoms with Crippen LogP contribution in [0, 0.1) is 0 Å². The van der Waals surface area contributed by atoms with Gasteiger partial charge in [-0.25, -0.2) is 0 Å². The highest BCUT2D eigenvalue weighted by molar-refractivity contribution is 5.81. The molecule has 0 saturated carbocycles. The molecule has 1 aromatic rings. The van der Waals surface area contributed by atoms with Gasteiger partial charge in [-0.2, -0.15) is 0 Å². The molecule has 1 aliphatic heterocycles. The number of anilines is 1. The minimum atomic E-state index is 0.174. The highest BCUT2D eigenvalue weighted by atomic mass is 16.4. The summed E-state index contributed by atoms with van der Waals surface area (Å²) in [5.41, 5.74) is 3.79. The molecule has 1 aromatic carbocycles. The van der Waals surface area contributed by atoms with Crippen molar-refractivity contribution in [3.05, 3.63) is 29.3 Å². The van der Waals surface area contributed by atoms with Crippen molar-refractivity contribution >= 4 is 11.9 Å². The lowest BCUT2D eigenvalue weighted by atomic mass is 9.79. The van der Waals surface area contributed by atoms with E-state index in [0.29, 0.717) is 12.0 Å². The molecule has 0 radical (unpaired) electrons. The van der Waals surface area contributed by atoms with Crippen molar-refractivity contribution in [3.8, 4) is 0 Å². The van der Waals surface area contributed by atoms with E-state index < -0.39 is 0 Å². The van der Waals surface area contributed by atoms with Crippen LogP contribution >= 0.6 is 0 Å². The average molecular weight is 260 g/mol. The zero-order valence-corrected chi connectivity index (χ0v) is 12.5. The maximum atomic E-state index is 8.67. The summed E-state index contributed by atoms with van der Waals surface area (Å²) in [4.78, 5) is 2.50. The Kier molecular flexibility index (Phi) is 3.57. The first-order valence-corrected chi connectivity index (χ1v) is 6.97. The normalized spacial score (nSPS) is 22.0. The number of oxime groups is 1. The van der Waals surface area contributed by atoms with Gasteiger partial charge in [-0.05, 0) is 63.3 Å². The molecule has 0 saturated heterocycles. The molecule has 19 heavy (non-hydrogen) atoms. The van der Waals surface area contributed by atoms with Crippen LogP contribution in [0.4, 0.5) is 5.69 Å². The molecule has 0 spiro atoms. The van der Waals surface area contributed by atoms with Crippen molar-refractivity contribution in [2.75, 3.05) is 4.90 Å². The molecule has 0 aliphatic carbocycles. The van der Waals surface area contributed by atoms with Crippen molar-refractivity contribution in [3.63, 3.8) is 0 Å². The zero-order valence-electron chi connectivity index (χ0n) is 12.5. The van der Waals surface area contributed by atoms with Crippen LogP contribution in [0.2, 0.25) is 0 Å². The highest BCUT2D eigenvalue weighted by Gasteiger charge is 2.37. The maximum absolute atomic E-state index is 8.67. The standard InChI is InChI=1S/C16H24N2O/c1-11(2)18-15-7-6-13(10-17-19)8-14(15)12(3)9-16(18,4)5/h6-8,10-12,19H,9H2,1-5H3/b17-10-/t12-/m0/s1. The van der Waals surface area contributed by atoms with Crippen LogP contribution in [0.5, 0.6) is 0 Å². The van der Waals surface area contributed by atoms with Gasteiger partial charge in [0.25, 0.3) is 0 Å². The Morgan fingerprint density at radius 1 is 1.42 bits per heavy atom. The monoisotopic (exact) mass is 260 g/mol. The van der Waals surface area contributed by atoms with Crippen molar-refractivity contribution in [2.24, 2.45) is 5.16 Å². The van der Waals surface area contributed by atoms with Crippen LogP contribution in [-0.4, -0.2) is 23.0 Å². The quantitative estimate of drug-likeness (QED) is 0.495. The number of rotatable bonds is 2. The molecular formula is C16H24N2O. The topological polar surface area (TPSA) is 35.8 Å². The summed E-state index contributed by atoms with van der Waals surface area (Å²) < 4.78 is 0. The minimum absolute atomic E-state index is 0.174. The molecule has 0 unspecified atom stereocenters.